The molecule has 0 bridgehead atoms. The number of aromatic nitrogens is 2. The van der Waals surface area contributed by atoms with Gasteiger partial charge in [0.05, 0.1) is 5.51 Å². The number of hydrogen-bond donors (Lipinski definition) is 0. The van der Waals surface area contributed by atoms with Crippen molar-refractivity contribution in [2.24, 2.45) is 0 Å². The molecule has 1 aromatic carbocycles. The summed E-state index contributed by atoms with van der Waals surface area (Å²) in [6, 6.07) is 4.10. The first kappa shape index (κ1) is 12.0. The van der Waals surface area contributed by atoms with Crippen molar-refractivity contribution in [2.45, 2.75) is 6.36 Å². The highest BCUT2D eigenvalue weighted by atomic mass is 32.1. The lowest BCUT2D eigenvalue weighted by atomic mass is 10.3. The second-order valence-corrected chi connectivity index (χ2v) is 4.26. The summed E-state index contributed by atoms with van der Waals surface area (Å²) in [5.41, 5.74) is 2.28. The van der Waals surface area contributed by atoms with Gasteiger partial charge in [0.1, 0.15) is 5.69 Å². The normalized spacial score (nSPS) is 11.9. The number of alkyl halides is 3. The van der Waals surface area contributed by atoms with Gasteiger partial charge in [0.2, 0.25) is 5.89 Å². The zero-order valence-corrected chi connectivity index (χ0v) is 9.96. The number of hydrogen-bond acceptors (Lipinski definition) is 5. The summed E-state index contributed by atoms with van der Waals surface area (Å²) >= 11 is 1.34. The van der Waals surface area contributed by atoms with E-state index in [9.17, 15) is 13.2 Å². The number of thiazole rings is 1. The van der Waals surface area contributed by atoms with Crippen molar-refractivity contribution in [1.29, 1.82) is 0 Å². The van der Waals surface area contributed by atoms with Crippen LogP contribution in [-0.2, 0) is 0 Å². The van der Waals surface area contributed by atoms with Gasteiger partial charge in [0.15, 0.2) is 16.8 Å². The van der Waals surface area contributed by atoms with Crippen LogP contribution in [-0.4, -0.2) is 16.3 Å². The summed E-state index contributed by atoms with van der Waals surface area (Å²) in [7, 11) is 0. The predicted octanol–water partition coefficient (Wildman–Crippen LogP) is 3.85. The van der Waals surface area contributed by atoms with E-state index in [0.29, 0.717) is 5.69 Å². The first-order valence-corrected chi connectivity index (χ1v) is 6.01. The lowest BCUT2D eigenvalue weighted by molar-refractivity contribution is -0.274. The monoisotopic (exact) mass is 286 g/mol. The molecule has 0 radical (unpaired) electrons. The molecule has 3 rings (SSSR count). The van der Waals surface area contributed by atoms with Crippen LogP contribution in [0.15, 0.2) is 33.5 Å². The van der Waals surface area contributed by atoms with Gasteiger partial charge in [-0.1, -0.05) is 6.07 Å². The number of para-hydroxylation sites is 1. The fourth-order valence-corrected chi connectivity index (χ4v) is 2.08. The Labute approximate surface area is 108 Å². The molecule has 8 heteroatoms. The van der Waals surface area contributed by atoms with Crippen LogP contribution in [0, 0.1) is 0 Å². The summed E-state index contributed by atoms with van der Waals surface area (Å²) < 4.78 is 46.0. The molecule has 0 aliphatic carbocycles. The van der Waals surface area contributed by atoms with Crippen LogP contribution in [0.4, 0.5) is 13.2 Å². The molecule has 2 heterocycles. The van der Waals surface area contributed by atoms with E-state index in [0.717, 1.165) is 0 Å². The van der Waals surface area contributed by atoms with Crippen molar-refractivity contribution < 1.29 is 22.3 Å². The summed E-state index contributed by atoms with van der Waals surface area (Å²) in [4.78, 5) is 7.98. The van der Waals surface area contributed by atoms with Gasteiger partial charge < -0.3 is 9.15 Å². The maximum Gasteiger partial charge on any atom is 0.573 e. The molecule has 0 N–H and O–H groups in total. The predicted molar refractivity (Wildman–Crippen MR) is 61.8 cm³/mol. The highest BCUT2D eigenvalue weighted by Gasteiger charge is 2.32. The van der Waals surface area contributed by atoms with Gasteiger partial charge in [-0.05, 0) is 12.1 Å². The fraction of sp³-hybridized carbons (Fsp3) is 0.0909. The quantitative estimate of drug-likeness (QED) is 0.718. The number of oxazole rings is 1. The summed E-state index contributed by atoms with van der Waals surface area (Å²) in [6.45, 7) is 0. The van der Waals surface area contributed by atoms with E-state index in [1.165, 1.54) is 29.5 Å². The zero-order valence-electron chi connectivity index (χ0n) is 9.14. The minimum Gasteiger partial charge on any atom is -0.435 e. The third-order valence-corrected chi connectivity index (χ3v) is 2.85. The molecule has 0 atom stereocenters. The van der Waals surface area contributed by atoms with Crippen molar-refractivity contribution in [3.05, 3.63) is 29.1 Å². The van der Waals surface area contributed by atoms with Crippen molar-refractivity contribution in [2.75, 3.05) is 0 Å². The number of ether oxygens (including phenoxy) is 1. The Hall–Kier alpha value is -2.09. The third kappa shape index (κ3) is 2.39. The minimum atomic E-state index is -4.77. The first-order chi connectivity index (χ1) is 9.03. The maximum absolute atomic E-state index is 12.3. The Morgan fingerprint density at radius 1 is 1.26 bits per heavy atom. The first-order valence-electron chi connectivity index (χ1n) is 5.07. The smallest absolute Gasteiger partial charge is 0.435 e. The van der Waals surface area contributed by atoms with Gasteiger partial charge in [-0.25, -0.2) is 9.97 Å². The fourth-order valence-electron chi connectivity index (χ4n) is 1.56. The molecule has 98 valence electrons. The van der Waals surface area contributed by atoms with Crippen LogP contribution < -0.4 is 4.74 Å². The van der Waals surface area contributed by atoms with Crippen LogP contribution in [0.3, 0.4) is 0 Å². The van der Waals surface area contributed by atoms with Crippen molar-refractivity contribution in [3.63, 3.8) is 0 Å². The summed E-state index contributed by atoms with van der Waals surface area (Å²) in [6.07, 6.45) is -4.77. The number of rotatable bonds is 2. The molecule has 0 spiro atoms. The number of nitrogens with zero attached hydrogens (tertiary/aromatic N) is 2. The Bertz CT molecular complexity index is 706. The highest BCUT2D eigenvalue weighted by Crippen LogP contribution is 2.32. The lowest BCUT2D eigenvalue weighted by Crippen LogP contribution is -2.17. The van der Waals surface area contributed by atoms with Crippen molar-refractivity contribution in [1.82, 2.24) is 9.97 Å². The van der Waals surface area contributed by atoms with Crippen LogP contribution in [0.25, 0.3) is 22.7 Å². The summed E-state index contributed by atoms with van der Waals surface area (Å²) in [5.74, 6) is -0.232. The second-order valence-electron chi connectivity index (χ2n) is 3.54. The maximum atomic E-state index is 12.3. The minimum absolute atomic E-state index is 0.0165. The van der Waals surface area contributed by atoms with Crippen LogP contribution in [0.1, 0.15) is 0 Å². The molecule has 4 nitrogen and oxygen atoms in total. The third-order valence-electron chi connectivity index (χ3n) is 2.26. The topological polar surface area (TPSA) is 48.2 Å². The number of fused-ring (bicyclic) bond motifs is 1. The Kier molecular flexibility index (Phi) is 2.67. The van der Waals surface area contributed by atoms with E-state index < -0.39 is 12.1 Å². The van der Waals surface area contributed by atoms with Crippen molar-refractivity contribution in [3.8, 4) is 17.3 Å². The lowest BCUT2D eigenvalue weighted by Gasteiger charge is -2.07. The zero-order chi connectivity index (χ0) is 13.5. The standard InChI is InChI=1S/C11H5F3N2O2S/c12-11(13,14)18-8-3-1-2-7-9(8)16-10(17-7)6-4-19-5-15-6/h1-5H. The molecular formula is C11H5F3N2O2S. The van der Waals surface area contributed by atoms with E-state index in [1.807, 2.05) is 0 Å². The second kappa shape index (κ2) is 4.23. The van der Waals surface area contributed by atoms with Crippen LogP contribution >= 0.6 is 11.3 Å². The Balaban J connectivity index is 2.10. The largest absolute Gasteiger partial charge is 0.573 e. The van der Waals surface area contributed by atoms with Crippen LogP contribution in [0.5, 0.6) is 5.75 Å². The summed E-state index contributed by atoms with van der Waals surface area (Å²) in [5, 5.41) is 1.69. The van der Waals surface area contributed by atoms with Crippen molar-refractivity contribution >= 4 is 22.4 Å². The van der Waals surface area contributed by atoms with E-state index in [-0.39, 0.29) is 17.0 Å². The Morgan fingerprint density at radius 3 is 2.79 bits per heavy atom. The number of benzene rings is 1. The van der Waals surface area contributed by atoms with Gasteiger partial charge in [0, 0.05) is 5.38 Å². The van der Waals surface area contributed by atoms with Gasteiger partial charge in [-0.3, -0.25) is 0 Å². The van der Waals surface area contributed by atoms with E-state index in [2.05, 4.69) is 14.7 Å². The molecule has 0 fully saturated rings. The average Bonchev–Trinajstić information content (AvgIpc) is 2.95. The molecule has 0 unspecified atom stereocenters. The van der Waals surface area contributed by atoms with Crippen LogP contribution in [0.2, 0.25) is 0 Å². The van der Waals surface area contributed by atoms with E-state index in [1.54, 1.807) is 10.9 Å². The molecule has 0 aliphatic rings. The van der Waals surface area contributed by atoms with Gasteiger partial charge in [-0.15, -0.1) is 24.5 Å². The SMILES string of the molecule is FC(F)(F)Oc1cccc2oc(-c3cscn3)nc12. The van der Waals surface area contributed by atoms with Gasteiger partial charge >= 0.3 is 6.36 Å². The molecule has 0 saturated heterocycles. The number of halogens is 3. The molecular weight excluding hydrogens is 281 g/mol. The molecule has 0 saturated carbocycles. The molecule has 19 heavy (non-hydrogen) atoms. The van der Waals surface area contributed by atoms with E-state index >= 15 is 0 Å². The Morgan fingerprint density at radius 2 is 2.11 bits per heavy atom. The highest BCUT2D eigenvalue weighted by molar-refractivity contribution is 7.07. The molecule has 3 aromatic rings. The molecule has 0 aliphatic heterocycles. The molecule has 0 amide bonds. The van der Waals surface area contributed by atoms with Gasteiger partial charge in [-0.2, -0.15) is 0 Å². The van der Waals surface area contributed by atoms with Gasteiger partial charge in [0.25, 0.3) is 0 Å². The average molecular weight is 286 g/mol. The van der Waals surface area contributed by atoms with E-state index in [4.69, 9.17) is 4.42 Å². The molecule has 2 aromatic heterocycles.